The fourth-order valence-electron chi connectivity index (χ4n) is 1.47. The molecule has 0 heterocycles. The number of rotatable bonds is 5. The Labute approximate surface area is 91.2 Å². The van der Waals surface area contributed by atoms with Crippen LogP contribution in [0.3, 0.4) is 0 Å². The first-order valence-corrected chi connectivity index (χ1v) is 5.27. The van der Waals surface area contributed by atoms with Gasteiger partial charge in [0.05, 0.1) is 0 Å². The van der Waals surface area contributed by atoms with Crippen molar-refractivity contribution in [2.45, 2.75) is 26.1 Å². The van der Waals surface area contributed by atoms with Gasteiger partial charge in [0.15, 0.2) is 0 Å². The lowest BCUT2D eigenvalue weighted by Gasteiger charge is -2.20. The highest BCUT2D eigenvalue weighted by Crippen LogP contribution is 2.19. The molecule has 1 N–H and O–H groups in total. The molecule has 0 aliphatic heterocycles. The monoisotopic (exact) mass is 206 g/mol. The predicted octanol–water partition coefficient (Wildman–Crippen LogP) is 2.70. The van der Waals surface area contributed by atoms with Gasteiger partial charge in [-0.05, 0) is 19.4 Å². The summed E-state index contributed by atoms with van der Waals surface area (Å²) in [6, 6.07) is 9.57. The maximum atomic E-state index is 10.1. The van der Waals surface area contributed by atoms with Crippen LogP contribution in [-0.2, 0) is 4.74 Å². The van der Waals surface area contributed by atoms with Crippen molar-refractivity contribution in [1.29, 1.82) is 0 Å². The van der Waals surface area contributed by atoms with Crippen LogP contribution in [0.1, 0.15) is 25.5 Å². The number of aliphatic hydroxyl groups excluding tert-OH is 1. The average molecular weight is 206 g/mol. The summed E-state index contributed by atoms with van der Waals surface area (Å²) in [5.41, 5.74) is 0.883. The number of ether oxygens (including phenoxy) is 1. The van der Waals surface area contributed by atoms with E-state index in [0.29, 0.717) is 6.61 Å². The van der Waals surface area contributed by atoms with Crippen LogP contribution in [0.2, 0.25) is 0 Å². The van der Waals surface area contributed by atoms with Crippen LogP contribution in [-0.4, -0.2) is 17.8 Å². The molecule has 0 aliphatic rings. The smallest absolute Gasteiger partial charge is 0.109 e. The zero-order chi connectivity index (χ0) is 11.1. The van der Waals surface area contributed by atoms with E-state index >= 15 is 0 Å². The molecule has 2 heteroatoms. The first kappa shape index (κ1) is 12.0. The van der Waals surface area contributed by atoms with Gasteiger partial charge in [-0.15, -0.1) is 0 Å². The van der Waals surface area contributed by atoms with Crippen molar-refractivity contribution < 1.29 is 9.84 Å². The quantitative estimate of drug-likeness (QED) is 0.750. The van der Waals surface area contributed by atoms with Crippen LogP contribution in [0.4, 0.5) is 0 Å². The Kier molecular flexibility index (Phi) is 5.08. The fourth-order valence-corrected chi connectivity index (χ4v) is 1.47. The Bertz CT molecular complexity index is 293. The second-order valence-electron chi connectivity index (χ2n) is 3.30. The molecule has 2 nitrogen and oxygen atoms in total. The zero-order valence-electron chi connectivity index (χ0n) is 9.26. The molecule has 0 saturated heterocycles. The van der Waals surface area contributed by atoms with E-state index in [-0.39, 0.29) is 6.10 Å². The molecule has 1 aromatic rings. The first-order valence-electron chi connectivity index (χ1n) is 5.27. The molecule has 15 heavy (non-hydrogen) atoms. The molecule has 0 spiro atoms. The molecule has 1 aromatic carbocycles. The van der Waals surface area contributed by atoms with Gasteiger partial charge in [0.2, 0.25) is 0 Å². The molecule has 0 amide bonds. The fraction of sp³-hybridized carbons (Fsp3) is 0.385. The van der Waals surface area contributed by atoms with Crippen molar-refractivity contribution in [3.63, 3.8) is 0 Å². The molecule has 0 saturated carbocycles. The van der Waals surface area contributed by atoms with E-state index in [2.05, 4.69) is 0 Å². The van der Waals surface area contributed by atoms with Crippen LogP contribution < -0.4 is 0 Å². The normalized spacial score (nSPS) is 15.4. The highest BCUT2D eigenvalue weighted by atomic mass is 16.5. The molecule has 1 rings (SSSR count). The lowest BCUT2D eigenvalue weighted by molar-refractivity contribution is -0.00581. The zero-order valence-corrected chi connectivity index (χ0v) is 9.26. The van der Waals surface area contributed by atoms with Crippen molar-refractivity contribution in [2.75, 3.05) is 6.61 Å². The topological polar surface area (TPSA) is 29.5 Å². The third kappa shape index (κ3) is 3.50. The maximum Gasteiger partial charge on any atom is 0.109 e. The van der Waals surface area contributed by atoms with Crippen LogP contribution in [0.5, 0.6) is 0 Å². The summed E-state index contributed by atoms with van der Waals surface area (Å²) in [5.74, 6) is 0. The highest BCUT2D eigenvalue weighted by Gasteiger charge is 2.17. The van der Waals surface area contributed by atoms with E-state index < -0.39 is 6.10 Å². The minimum Gasteiger partial charge on any atom is -0.385 e. The van der Waals surface area contributed by atoms with E-state index in [1.165, 1.54) is 0 Å². The standard InChI is InChI=1S/C13H18O2/c1-3-8-12(15-4-2)13(14)11-9-6-5-7-10-11/h3,5-10,12-14H,4H2,1-2H3/b8-3-/t12-,13+/m0/s1. The number of aliphatic hydroxyl groups is 1. The van der Waals surface area contributed by atoms with Crippen LogP contribution >= 0.6 is 0 Å². The van der Waals surface area contributed by atoms with Crippen molar-refractivity contribution in [3.8, 4) is 0 Å². The summed E-state index contributed by atoms with van der Waals surface area (Å²) in [4.78, 5) is 0. The molecule has 0 bridgehead atoms. The van der Waals surface area contributed by atoms with Crippen molar-refractivity contribution in [1.82, 2.24) is 0 Å². The molecule has 82 valence electrons. The van der Waals surface area contributed by atoms with E-state index in [1.807, 2.05) is 56.3 Å². The third-order valence-electron chi connectivity index (χ3n) is 2.19. The Hall–Kier alpha value is -1.12. The molecular formula is C13H18O2. The summed E-state index contributed by atoms with van der Waals surface area (Å²) >= 11 is 0. The van der Waals surface area contributed by atoms with E-state index in [1.54, 1.807) is 0 Å². The van der Waals surface area contributed by atoms with Crippen LogP contribution in [0.15, 0.2) is 42.5 Å². The second kappa shape index (κ2) is 6.38. The van der Waals surface area contributed by atoms with Gasteiger partial charge >= 0.3 is 0 Å². The average Bonchev–Trinajstić information content (AvgIpc) is 2.29. The molecular weight excluding hydrogens is 188 g/mol. The van der Waals surface area contributed by atoms with Crippen LogP contribution in [0.25, 0.3) is 0 Å². The lowest BCUT2D eigenvalue weighted by atomic mass is 10.0. The summed E-state index contributed by atoms with van der Waals surface area (Å²) in [6.45, 7) is 4.44. The van der Waals surface area contributed by atoms with Crippen molar-refractivity contribution >= 4 is 0 Å². The Morgan fingerprint density at radius 1 is 1.33 bits per heavy atom. The van der Waals surface area contributed by atoms with Crippen molar-refractivity contribution in [3.05, 3.63) is 48.0 Å². The number of hydrogen-bond acceptors (Lipinski definition) is 2. The number of hydrogen-bond donors (Lipinski definition) is 1. The van der Waals surface area contributed by atoms with Gasteiger partial charge in [0, 0.05) is 6.61 Å². The molecule has 2 atom stereocenters. The second-order valence-corrected chi connectivity index (χ2v) is 3.30. The third-order valence-corrected chi connectivity index (χ3v) is 2.19. The minimum atomic E-state index is -0.595. The maximum absolute atomic E-state index is 10.1. The van der Waals surface area contributed by atoms with Crippen molar-refractivity contribution in [2.24, 2.45) is 0 Å². The molecule has 0 radical (unpaired) electrons. The van der Waals surface area contributed by atoms with Gasteiger partial charge in [-0.2, -0.15) is 0 Å². The summed E-state index contributed by atoms with van der Waals surface area (Å²) in [5, 5.41) is 10.1. The summed E-state index contributed by atoms with van der Waals surface area (Å²) in [7, 11) is 0. The van der Waals surface area contributed by atoms with Gasteiger partial charge in [-0.3, -0.25) is 0 Å². The molecule has 0 aliphatic carbocycles. The minimum absolute atomic E-state index is 0.262. The predicted molar refractivity (Wildman–Crippen MR) is 61.6 cm³/mol. The van der Waals surface area contributed by atoms with Gasteiger partial charge in [-0.25, -0.2) is 0 Å². The first-order chi connectivity index (χ1) is 7.29. The van der Waals surface area contributed by atoms with Gasteiger partial charge in [-0.1, -0.05) is 42.5 Å². The Morgan fingerprint density at radius 3 is 2.53 bits per heavy atom. The van der Waals surface area contributed by atoms with Crippen LogP contribution in [0, 0.1) is 0 Å². The lowest BCUT2D eigenvalue weighted by Crippen LogP contribution is -2.20. The Morgan fingerprint density at radius 2 is 2.00 bits per heavy atom. The van der Waals surface area contributed by atoms with E-state index in [4.69, 9.17) is 4.74 Å². The summed E-state index contributed by atoms with van der Waals surface area (Å²) < 4.78 is 5.46. The number of benzene rings is 1. The Balaban J connectivity index is 2.76. The SMILES string of the molecule is C/C=C\[C@H](OCC)[C@H](O)c1ccccc1. The van der Waals surface area contributed by atoms with E-state index in [0.717, 1.165) is 5.56 Å². The van der Waals surface area contributed by atoms with E-state index in [9.17, 15) is 5.11 Å². The molecule has 0 aromatic heterocycles. The highest BCUT2D eigenvalue weighted by molar-refractivity contribution is 5.19. The van der Waals surface area contributed by atoms with Gasteiger partial charge < -0.3 is 9.84 Å². The largest absolute Gasteiger partial charge is 0.385 e. The van der Waals surface area contributed by atoms with Gasteiger partial charge in [0.1, 0.15) is 12.2 Å². The number of allylic oxidation sites excluding steroid dienone is 1. The van der Waals surface area contributed by atoms with Gasteiger partial charge in [0.25, 0.3) is 0 Å². The summed E-state index contributed by atoms with van der Waals surface area (Å²) in [6.07, 6.45) is 2.91. The molecule has 0 unspecified atom stereocenters. The molecule has 0 fully saturated rings.